The van der Waals surface area contributed by atoms with E-state index in [0.29, 0.717) is 6.10 Å². The third kappa shape index (κ3) is 4.35. The monoisotopic (exact) mass is 299 g/mol. The molecule has 17 heavy (non-hydrogen) atoms. The van der Waals surface area contributed by atoms with Crippen LogP contribution in [0.2, 0.25) is 0 Å². The first kappa shape index (κ1) is 13.0. The molecule has 1 saturated heterocycles. The summed E-state index contributed by atoms with van der Waals surface area (Å²) in [7, 11) is 2.13. The van der Waals surface area contributed by atoms with Gasteiger partial charge in [-0.25, -0.2) is 0 Å². The molecule has 2 heterocycles. The summed E-state index contributed by atoms with van der Waals surface area (Å²) < 4.78 is 6.70. The van der Waals surface area contributed by atoms with E-state index < -0.39 is 0 Å². The van der Waals surface area contributed by atoms with Crippen LogP contribution < -0.4 is 5.32 Å². The van der Waals surface area contributed by atoms with Gasteiger partial charge in [0.15, 0.2) is 0 Å². The van der Waals surface area contributed by atoms with Gasteiger partial charge in [-0.1, -0.05) is 0 Å². The number of nitrogens with zero attached hydrogens (tertiary/aromatic N) is 2. The van der Waals surface area contributed by atoms with Crippen molar-refractivity contribution in [2.45, 2.75) is 12.6 Å². The molecule has 2 rings (SSSR count). The van der Waals surface area contributed by atoms with Crippen LogP contribution >= 0.6 is 15.9 Å². The Labute approximate surface area is 110 Å². The molecule has 0 amide bonds. The molecule has 1 aromatic rings. The van der Waals surface area contributed by atoms with Crippen LogP contribution in [0.15, 0.2) is 22.9 Å². The zero-order valence-corrected chi connectivity index (χ0v) is 11.6. The smallest absolute Gasteiger partial charge is 0.0826 e. The molecular weight excluding hydrogens is 282 g/mol. The largest absolute Gasteiger partial charge is 0.374 e. The lowest BCUT2D eigenvalue weighted by Crippen LogP contribution is -2.44. The fourth-order valence-corrected chi connectivity index (χ4v) is 2.33. The van der Waals surface area contributed by atoms with E-state index in [1.54, 1.807) is 6.20 Å². The molecule has 0 aromatic carbocycles. The molecule has 1 aliphatic rings. The molecule has 4 nitrogen and oxygen atoms in total. The van der Waals surface area contributed by atoms with Crippen molar-refractivity contribution in [1.29, 1.82) is 0 Å². The SMILES string of the molecule is CN1CCOC(CNCc2cncc(Br)c2)C1. The summed E-state index contributed by atoms with van der Waals surface area (Å²) in [4.78, 5) is 6.44. The summed E-state index contributed by atoms with van der Waals surface area (Å²) in [5.74, 6) is 0. The van der Waals surface area contributed by atoms with Gasteiger partial charge in [-0.3, -0.25) is 4.98 Å². The fraction of sp³-hybridized carbons (Fsp3) is 0.583. The first-order chi connectivity index (χ1) is 8.24. The van der Waals surface area contributed by atoms with E-state index in [0.717, 1.165) is 37.3 Å². The van der Waals surface area contributed by atoms with Gasteiger partial charge in [-0.05, 0) is 34.6 Å². The van der Waals surface area contributed by atoms with Crippen molar-refractivity contribution in [1.82, 2.24) is 15.2 Å². The van der Waals surface area contributed by atoms with Crippen molar-refractivity contribution in [3.8, 4) is 0 Å². The lowest BCUT2D eigenvalue weighted by atomic mass is 10.2. The van der Waals surface area contributed by atoms with Gasteiger partial charge in [0.05, 0.1) is 12.7 Å². The van der Waals surface area contributed by atoms with Gasteiger partial charge in [-0.15, -0.1) is 0 Å². The summed E-state index contributed by atoms with van der Waals surface area (Å²) in [5.41, 5.74) is 1.18. The zero-order valence-electron chi connectivity index (χ0n) is 10.0. The molecule has 1 N–H and O–H groups in total. The van der Waals surface area contributed by atoms with E-state index in [-0.39, 0.29) is 0 Å². The Morgan fingerprint density at radius 2 is 2.47 bits per heavy atom. The first-order valence-corrected chi connectivity index (χ1v) is 6.63. The van der Waals surface area contributed by atoms with Crippen molar-refractivity contribution in [2.75, 3.05) is 33.3 Å². The number of halogens is 1. The van der Waals surface area contributed by atoms with E-state index in [2.05, 4.69) is 44.2 Å². The van der Waals surface area contributed by atoms with Crippen molar-refractivity contribution in [2.24, 2.45) is 0 Å². The highest BCUT2D eigenvalue weighted by atomic mass is 79.9. The number of morpholine rings is 1. The Balaban J connectivity index is 1.72. The van der Waals surface area contributed by atoms with Crippen molar-refractivity contribution in [3.63, 3.8) is 0 Å². The number of pyridine rings is 1. The summed E-state index contributed by atoms with van der Waals surface area (Å²) in [5, 5.41) is 3.41. The molecular formula is C12H18BrN3O. The minimum absolute atomic E-state index is 0.300. The minimum atomic E-state index is 0.300. The summed E-state index contributed by atoms with van der Waals surface area (Å²) >= 11 is 3.42. The Kier molecular flexibility index (Phi) is 4.91. The number of hydrogen-bond donors (Lipinski definition) is 1. The predicted octanol–water partition coefficient (Wildman–Crippen LogP) is 1.26. The zero-order chi connectivity index (χ0) is 12.1. The van der Waals surface area contributed by atoms with Gasteiger partial charge in [0.1, 0.15) is 0 Å². The van der Waals surface area contributed by atoms with Crippen molar-refractivity contribution < 1.29 is 4.74 Å². The average Bonchev–Trinajstić information content (AvgIpc) is 2.29. The van der Waals surface area contributed by atoms with Gasteiger partial charge in [-0.2, -0.15) is 0 Å². The lowest BCUT2D eigenvalue weighted by Gasteiger charge is -2.30. The normalized spacial score (nSPS) is 21.6. The van der Waals surface area contributed by atoms with E-state index >= 15 is 0 Å². The molecule has 5 heteroatoms. The second-order valence-corrected chi connectivity index (χ2v) is 5.31. The molecule has 94 valence electrons. The molecule has 0 aliphatic carbocycles. The van der Waals surface area contributed by atoms with E-state index in [1.165, 1.54) is 5.56 Å². The highest BCUT2D eigenvalue weighted by Crippen LogP contribution is 2.09. The second-order valence-electron chi connectivity index (χ2n) is 4.40. The number of likely N-dealkylation sites (N-methyl/N-ethyl adjacent to an activating group) is 1. The molecule has 0 saturated carbocycles. The van der Waals surface area contributed by atoms with Crippen molar-refractivity contribution >= 4 is 15.9 Å². The standard InChI is InChI=1S/C12H18BrN3O/c1-16-2-3-17-12(9-16)8-15-6-10-4-11(13)7-14-5-10/h4-5,7,12,15H,2-3,6,8-9H2,1H3. The molecule has 1 atom stereocenters. The Morgan fingerprint density at radius 3 is 3.24 bits per heavy atom. The topological polar surface area (TPSA) is 37.4 Å². The third-order valence-electron chi connectivity index (χ3n) is 2.80. The Bertz CT molecular complexity index is 361. The number of nitrogens with one attached hydrogen (secondary N) is 1. The number of hydrogen-bond acceptors (Lipinski definition) is 4. The second kappa shape index (κ2) is 6.44. The van der Waals surface area contributed by atoms with Crippen LogP contribution in [-0.2, 0) is 11.3 Å². The van der Waals surface area contributed by atoms with Crippen LogP contribution in [0.5, 0.6) is 0 Å². The number of ether oxygens (including phenoxy) is 1. The Hall–Kier alpha value is -0.490. The first-order valence-electron chi connectivity index (χ1n) is 5.84. The van der Waals surface area contributed by atoms with Gasteiger partial charge >= 0.3 is 0 Å². The van der Waals surface area contributed by atoms with E-state index in [4.69, 9.17) is 4.74 Å². The van der Waals surface area contributed by atoms with Crippen LogP contribution in [0.25, 0.3) is 0 Å². The molecule has 1 fully saturated rings. The van der Waals surface area contributed by atoms with E-state index in [1.807, 2.05) is 6.20 Å². The Morgan fingerprint density at radius 1 is 1.59 bits per heavy atom. The van der Waals surface area contributed by atoms with Crippen molar-refractivity contribution in [3.05, 3.63) is 28.5 Å². The summed E-state index contributed by atoms with van der Waals surface area (Å²) in [6.45, 7) is 4.59. The quantitative estimate of drug-likeness (QED) is 0.908. The molecule has 1 aliphatic heterocycles. The summed E-state index contributed by atoms with van der Waals surface area (Å²) in [6, 6.07) is 2.08. The van der Waals surface area contributed by atoms with Gasteiger partial charge in [0.2, 0.25) is 0 Å². The molecule has 1 aromatic heterocycles. The van der Waals surface area contributed by atoms with Crippen LogP contribution in [-0.4, -0.2) is 49.3 Å². The maximum Gasteiger partial charge on any atom is 0.0826 e. The highest BCUT2D eigenvalue weighted by Gasteiger charge is 2.16. The highest BCUT2D eigenvalue weighted by molar-refractivity contribution is 9.10. The van der Waals surface area contributed by atoms with Crippen LogP contribution in [0, 0.1) is 0 Å². The predicted molar refractivity (Wildman–Crippen MR) is 70.9 cm³/mol. The number of rotatable bonds is 4. The molecule has 0 spiro atoms. The van der Waals surface area contributed by atoms with Crippen LogP contribution in [0.3, 0.4) is 0 Å². The van der Waals surface area contributed by atoms with E-state index in [9.17, 15) is 0 Å². The maximum absolute atomic E-state index is 5.68. The lowest BCUT2D eigenvalue weighted by molar-refractivity contribution is -0.0182. The molecule has 0 radical (unpaired) electrons. The molecule has 1 unspecified atom stereocenters. The molecule has 0 bridgehead atoms. The maximum atomic E-state index is 5.68. The van der Waals surface area contributed by atoms with Gasteiger partial charge < -0.3 is 15.0 Å². The summed E-state index contributed by atoms with van der Waals surface area (Å²) in [6.07, 6.45) is 3.97. The van der Waals surface area contributed by atoms with Gasteiger partial charge in [0.25, 0.3) is 0 Å². The van der Waals surface area contributed by atoms with Gasteiger partial charge in [0, 0.05) is 43.0 Å². The minimum Gasteiger partial charge on any atom is -0.374 e. The number of aromatic nitrogens is 1. The average molecular weight is 300 g/mol. The fourth-order valence-electron chi connectivity index (χ4n) is 1.92. The van der Waals surface area contributed by atoms with Crippen LogP contribution in [0.4, 0.5) is 0 Å². The third-order valence-corrected chi connectivity index (χ3v) is 3.24. The van der Waals surface area contributed by atoms with Crippen LogP contribution in [0.1, 0.15) is 5.56 Å².